The summed E-state index contributed by atoms with van der Waals surface area (Å²) < 4.78 is 1.89. The normalized spacial score (nSPS) is 15.4. The zero-order valence-corrected chi connectivity index (χ0v) is 17.0. The summed E-state index contributed by atoms with van der Waals surface area (Å²) in [6, 6.07) is 3.64. The third-order valence-electron chi connectivity index (χ3n) is 5.71. The lowest BCUT2D eigenvalue weighted by Crippen LogP contribution is -2.30. The second-order valence-corrected chi connectivity index (χ2v) is 7.82. The van der Waals surface area contributed by atoms with Crippen molar-refractivity contribution in [2.24, 2.45) is 5.92 Å². The monoisotopic (exact) mass is 369 g/mol. The molecule has 0 bridgehead atoms. The molecule has 1 amide bonds. The van der Waals surface area contributed by atoms with Gasteiger partial charge in [0.2, 0.25) is 0 Å². The Balaban J connectivity index is 2.04. The van der Waals surface area contributed by atoms with E-state index >= 15 is 0 Å². The largest absolute Gasteiger partial charge is 0.339 e. The summed E-state index contributed by atoms with van der Waals surface area (Å²) in [5, 5.41) is 0. The average Bonchev–Trinajstić information content (AvgIpc) is 3.08. The highest BCUT2D eigenvalue weighted by molar-refractivity contribution is 5.99. The summed E-state index contributed by atoms with van der Waals surface area (Å²) in [7, 11) is 0. The Hall–Kier alpha value is -2.17. The number of imidazole rings is 1. The molecule has 2 heterocycles. The molecule has 2 aromatic heterocycles. The standard InChI is InChI=1S/C22H31N3O2/c1-5-24(6-2)22(27)17-12-13-25-18(14-17)23-19(15(3)4)20(25)21(26)16-10-8-7-9-11-16/h12-16H,5-11H2,1-4H3. The van der Waals surface area contributed by atoms with Crippen LogP contribution < -0.4 is 0 Å². The van der Waals surface area contributed by atoms with Crippen LogP contribution in [0.3, 0.4) is 0 Å². The Labute approximate surface area is 161 Å². The van der Waals surface area contributed by atoms with Crippen molar-refractivity contribution in [2.45, 2.75) is 65.7 Å². The minimum atomic E-state index is 0.0109. The van der Waals surface area contributed by atoms with Gasteiger partial charge >= 0.3 is 0 Å². The predicted octanol–water partition coefficient (Wildman–Crippen LogP) is 4.70. The first-order valence-electron chi connectivity index (χ1n) is 10.3. The van der Waals surface area contributed by atoms with Crippen LogP contribution in [0.5, 0.6) is 0 Å². The van der Waals surface area contributed by atoms with Crippen molar-refractivity contribution in [2.75, 3.05) is 13.1 Å². The molecule has 27 heavy (non-hydrogen) atoms. The van der Waals surface area contributed by atoms with E-state index in [-0.39, 0.29) is 23.5 Å². The number of hydrogen-bond donors (Lipinski definition) is 0. The van der Waals surface area contributed by atoms with Crippen molar-refractivity contribution < 1.29 is 9.59 Å². The van der Waals surface area contributed by atoms with Crippen molar-refractivity contribution >= 4 is 17.3 Å². The van der Waals surface area contributed by atoms with Gasteiger partial charge in [-0.25, -0.2) is 4.98 Å². The fourth-order valence-electron chi connectivity index (χ4n) is 4.09. The molecule has 3 rings (SSSR count). The van der Waals surface area contributed by atoms with Crippen LogP contribution in [0.2, 0.25) is 0 Å². The molecule has 1 aliphatic rings. The summed E-state index contributed by atoms with van der Waals surface area (Å²) in [5.74, 6) is 0.494. The number of nitrogens with zero attached hydrogens (tertiary/aromatic N) is 3. The van der Waals surface area contributed by atoms with E-state index < -0.39 is 0 Å². The molecule has 0 spiro atoms. The van der Waals surface area contributed by atoms with Gasteiger partial charge in [0, 0.05) is 30.8 Å². The molecule has 0 unspecified atom stereocenters. The number of amides is 1. The van der Waals surface area contributed by atoms with E-state index in [1.807, 2.05) is 36.6 Å². The molecular weight excluding hydrogens is 338 g/mol. The maximum atomic E-state index is 13.3. The van der Waals surface area contributed by atoms with E-state index in [4.69, 9.17) is 4.98 Å². The number of aromatic nitrogens is 2. The maximum Gasteiger partial charge on any atom is 0.254 e. The zero-order chi connectivity index (χ0) is 19.6. The fraction of sp³-hybridized carbons (Fsp3) is 0.591. The van der Waals surface area contributed by atoms with Gasteiger partial charge in [0.1, 0.15) is 11.3 Å². The third-order valence-corrected chi connectivity index (χ3v) is 5.71. The molecule has 1 saturated carbocycles. The lowest BCUT2D eigenvalue weighted by molar-refractivity contribution is 0.0772. The number of ketones is 1. The van der Waals surface area contributed by atoms with E-state index in [1.165, 1.54) is 6.42 Å². The Kier molecular flexibility index (Phi) is 5.98. The predicted molar refractivity (Wildman–Crippen MR) is 107 cm³/mol. The number of carbonyl (C=O) groups excluding carboxylic acids is 2. The van der Waals surface area contributed by atoms with Crippen molar-refractivity contribution in [1.82, 2.24) is 14.3 Å². The first kappa shape index (κ1) is 19.6. The van der Waals surface area contributed by atoms with Crippen molar-refractivity contribution in [3.63, 3.8) is 0 Å². The van der Waals surface area contributed by atoms with Gasteiger partial charge in [-0.2, -0.15) is 0 Å². The molecule has 0 N–H and O–H groups in total. The van der Waals surface area contributed by atoms with Crippen LogP contribution in [0.4, 0.5) is 0 Å². The average molecular weight is 370 g/mol. The molecule has 1 fully saturated rings. The maximum absolute atomic E-state index is 13.3. The van der Waals surface area contributed by atoms with Crippen LogP contribution in [0.1, 0.15) is 92.3 Å². The second kappa shape index (κ2) is 8.24. The summed E-state index contributed by atoms with van der Waals surface area (Å²) in [5.41, 5.74) is 2.88. The Morgan fingerprint density at radius 2 is 1.85 bits per heavy atom. The first-order chi connectivity index (χ1) is 13.0. The molecule has 146 valence electrons. The number of fused-ring (bicyclic) bond motifs is 1. The number of carbonyl (C=O) groups is 2. The molecule has 1 aliphatic carbocycles. The molecule has 5 nitrogen and oxygen atoms in total. The molecular formula is C22H31N3O2. The van der Waals surface area contributed by atoms with Gasteiger partial charge in [-0.3, -0.25) is 14.0 Å². The molecule has 0 aliphatic heterocycles. The minimum Gasteiger partial charge on any atom is -0.339 e. The summed E-state index contributed by atoms with van der Waals surface area (Å²) in [6.45, 7) is 9.46. The van der Waals surface area contributed by atoms with E-state index in [2.05, 4.69) is 13.8 Å². The molecule has 5 heteroatoms. The van der Waals surface area contributed by atoms with Crippen LogP contribution in [-0.4, -0.2) is 39.1 Å². The fourth-order valence-corrected chi connectivity index (χ4v) is 4.09. The minimum absolute atomic E-state index is 0.0109. The zero-order valence-electron chi connectivity index (χ0n) is 17.0. The SMILES string of the molecule is CCN(CC)C(=O)c1ccn2c(C(=O)C3CCCCC3)c(C(C)C)nc2c1. The highest BCUT2D eigenvalue weighted by atomic mass is 16.2. The lowest BCUT2D eigenvalue weighted by Gasteiger charge is -2.21. The van der Waals surface area contributed by atoms with Gasteiger partial charge in [-0.1, -0.05) is 33.1 Å². The topological polar surface area (TPSA) is 54.7 Å². The van der Waals surface area contributed by atoms with Crippen molar-refractivity contribution in [1.29, 1.82) is 0 Å². The highest BCUT2D eigenvalue weighted by Crippen LogP contribution is 2.30. The van der Waals surface area contributed by atoms with Crippen LogP contribution >= 0.6 is 0 Å². The molecule has 0 radical (unpaired) electrons. The van der Waals surface area contributed by atoms with Crippen molar-refractivity contribution in [3.05, 3.63) is 35.3 Å². The molecule has 0 saturated heterocycles. The van der Waals surface area contributed by atoms with Crippen LogP contribution in [0, 0.1) is 5.92 Å². The van der Waals surface area contributed by atoms with Gasteiger partial charge in [0.05, 0.1) is 5.69 Å². The second-order valence-electron chi connectivity index (χ2n) is 7.82. The Morgan fingerprint density at radius 1 is 1.19 bits per heavy atom. The summed E-state index contributed by atoms with van der Waals surface area (Å²) in [6.07, 6.45) is 7.29. The molecule has 0 aromatic carbocycles. The van der Waals surface area contributed by atoms with E-state index in [9.17, 15) is 9.59 Å². The van der Waals surface area contributed by atoms with Crippen LogP contribution in [0.15, 0.2) is 18.3 Å². The Morgan fingerprint density at radius 3 is 2.44 bits per heavy atom. The smallest absolute Gasteiger partial charge is 0.254 e. The van der Waals surface area contributed by atoms with Crippen LogP contribution in [-0.2, 0) is 0 Å². The molecule has 0 atom stereocenters. The Bertz CT molecular complexity index is 827. The van der Waals surface area contributed by atoms with E-state index in [0.29, 0.717) is 30.0 Å². The summed E-state index contributed by atoms with van der Waals surface area (Å²) in [4.78, 5) is 32.5. The van der Waals surface area contributed by atoms with E-state index in [0.717, 1.165) is 31.4 Å². The first-order valence-corrected chi connectivity index (χ1v) is 10.3. The van der Waals surface area contributed by atoms with Gasteiger partial charge < -0.3 is 4.90 Å². The number of Topliss-reactive ketones (excluding diaryl/α,β-unsaturated/α-hetero) is 1. The summed E-state index contributed by atoms with van der Waals surface area (Å²) >= 11 is 0. The van der Waals surface area contributed by atoms with Gasteiger partial charge in [0.15, 0.2) is 5.78 Å². The van der Waals surface area contributed by atoms with Gasteiger partial charge in [-0.05, 0) is 44.7 Å². The quantitative estimate of drug-likeness (QED) is 0.693. The van der Waals surface area contributed by atoms with E-state index in [1.54, 1.807) is 4.90 Å². The highest BCUT2D eigenvalue weighted by Gasteiger charge is 2.29. The number of pyridine rings is 1. The number of hydrogen-bond acceptors (Lipinski definition) is 3. The van der Waals surface area contributed by atoms with Crippen molar-refractivity contribution in [3.8, 4) is 0 Å². The molecule has 2 aromatic rings. The number of rotatable bonds is 6. The van der Waals surface area contributed by atoms with Gasteiger partial charge in [-0.15, -0.1) is 0 Å². The van der Waals surface area contributed by atoms with Crippen LogP contribution in [0.25, 0.3) is 5.65 Å². The van der Waals surface area contributed by atoms with Gasteiger partial charge in [0.25, 0.3) is 5.91 Å². The lowest BCUT2D eigenvalue weighted by atomic mass is 9.84. The third kappa shape index (κ3) is 3.78.